The van der Waals surface area contributed by atoms with E-state index < -0.39 is 0 Å². The second kappa shape index (κ2) is 5.69. The Hall–Kier alpha value is -1.12. The molecule has 0 aliphatic heterocycles. The first kappa shape index (κ1) is 12.0. The van der Waals surface area contributed by atoms with Crippen molar-refractivity contribution in [3.63, 3.8) is 0 Å². The van der Waals surface area contributed by atoms with Gasteiger partial charge in [0.25, 0.3) is 0 Å². The van der Waals surface area contributed by atoms with E-state index >= 15 is 0 Å². The van der Waals surface area contributed by atoms with Gasteiger partial charge in [0.15, 0.2) is 0 Å². The Morgan fingerprint density at radius 1 is 1.53 bits per heavy atom. The van der Waals surface area contributed by atoms with Crippen molar-refractivity contribution in [2.45, 2.75) is 39.5 Å². The van der Waals surface area contributed by atoms with Crippen LogP contribution < -0.4 is 0 Å². The molecule has 0 fully saturated rings. The van der Waals surface area contributed by atoms with Crippen LogP contribution in [-0.4, -0.2) is 15.3 Å². The quantitative estimate of drug-likeness (QED) is 0.719. The number of hydrogen-bond acceptors (Lipinski definition) is 2. The predicted octanol–water partition coefficient (Wildman–Crippen LogP) is 2.36. The first-order valence-electron chi connectivity index (χ1n) is 5.57. The van der Waals surface area contributed by atoms with Crippen molar-refractivity contribution in [1.82, 2.24) is 9.55 Å². The molecule has 0 aliphatic rings. The van der Waals surface area contributed by atoms with Crippen molar-refractivity contribution in [2.75, 3.05) is 0 Å². The highest BCUT2D eigenvalue weighted by Gasteiger charge is 2.06. The summed E-state index contributed by atoms with van der Waals surface area (Å²) in [6, 6.07) is 0. The fraction of sp³-hybridized carbons (Fsp3) is 0.667. The zero-order chi connectivity index (χ0) is 11.3. The summed E-state index contributed by atoms with van der Waals surface area (Å²) >= 11 is 0. The third kappa shape index (κ3) is 4.28. The number of imidazole rings is 1. The number of rotatable bonds is 6. The minimum Gasteiger partial charge on any atom is -0.338 e. The van der Waals surface area contributed by atoms with Crippen molar-refractivity contribution in [1.29, 1.82) is 0 Å². The average Bonchev–Trinajstić information content (AvgIpc) is 2.50. The van der Waals surface area contributed by atoms with Crippen LogP contribution in [0.25, 0.3) is 0 Å². The third-order valence-electron chi connectivity index (χ3n) is 2.41. The monoisotopic (exact) mass is 208 g/mol. The Balaban J connectivity index is 2.22. The molecule has 0 saturated heterocycles. The summed E-state index contributed by atoms with van der Waals surface area (Å²) in [5.74, 6) is 1.91. The second-order valence-electron chi connectivity index (χ2n) is 4.44. The van der Waals surface area contributed by atoms with Gasteiger partial charge in [-0.15, -0.1) is 0 Å². The van der Waals surface area contributed by atoms with Crippen LogP contribution in [0, 0.1) is 5.92 Å². The zero-order valence-corrected chi connectivity index (χ0v) is 9.86. The highest BCUT2D eigenvalue weighted by molar-refractivity contribution is 5.78. The van der Waals surface area contributed by atoms with E-state index in [1.807, 2.05) is 17.8 Å². The van der Waals surface area contributed by atoms with Crippen molar-refractivity contribution in [2.24, 2.45) is 13.0 Å². The topological polar surface area (TPSA) is 34.9 Å². The molecular formula is C12H20N2O. The molecule has 15 heavy (non-hydrogen) atoms. The van der Waals surface area contributed by atoms with E-state index in [-0.39, 0.29) is 0 Å². The number of aryl methyl sites for hydroxylation is 2. The van der Waals surface area contributed by atoms with E-state index in [0.29, 0.717) is 24.5 Å². The Morgan fingerprint density at radius 2 is 2.27 bits per heavy atom. The number of aromatic nitrogens is 2. The number of Topliss-reactive ketones (excluding diaryl/α,β-unsaturated/α-hetero) is 1. The summed E-state index contributed by atoms with van der Waals surface area (Å²) < 4.78 is 2.01. The standard InChI is InChI=1S/C12H20N2O/c1-10(2)9-11(15)5-4-6-12-13-7-8-14(12)3/h7-8,10H,4-6,9H2,1-3H3. The second-order valence-corrected chi connectivity index (χ2v) is 4.44. The lowest BCUT2D eigenvalue weighted by Crippen LogP contribution is -2.04. The number of carbonyl (C=O) groups excluding carboxylic acids is 1. The summed E-state index contributed by atoms with van der Waals surface area (Å²) in [6.07, 6.45) is 6.94. The van der Waals surface area contributed by atoms with E-state index in [1.165, 1.54) is 0 Å². The number of ketones is 1. The molecule has 1 rings (SSSR count). The van der Waals surface area contributed by atoms with Gasteiger partial charge < -0.3 is 4.57 Å². The molecule has 0 unspecified atom stereocenters. The molecular weight excluding hydrogens is 188 g/mol. The summed E-state index contributed by atoms with van der Waals surface area (Å²) in [7, 11) is 1.98. The van der Waals surface area contributed by atoms with Gasteiger partial charge in [0.2, 0.25) is 0 Å². The molecule has 1 aromatic rings. The van der Waals surface area contributed by atoms with Gasteiger partial charge in [-0.1, -0.05) is 13.8 Å². The summed E-state index contributed by atoms with van der Waals surface area (Å²) in [5.41, 5.74) is 0. The van der Waals surface area contributed by atoms with Crippen LogP contribution in [0.15, 0.2) is 12.4 Å². The highest BCUT2D eigenvalue weighted by atomic mass is 16.1. The van der Waals surface area contributed by atoms with E-state index in [4.69, 9.17) is 0 Å². The van der Waals surface area contributed by atoms with Crippen molar-refractivity contribution in [3.05, 3.63) is 18.2 Å². The largest absolute Gasteiger partial charge is 0.338 e. The van der Waals surface area contributed by atoms with Crippen LogP contribution in [0.3, 0.4) is 0 Å². The molecule has 0 bridgehead atoms. The molecule has 1 aromatic heterocycles. The lowest BCUT2D eigenvalue weighted by Gasteiger charge is -2.04. The summed E-state index contributed by atoms with van der Waals surface area (Å²) in [4.78, 5) is 15.7. The van der Waals surface area contributed by atoms with Gasteiger partial charge in [0.1, 0.15) is 11.6 Å². The Morgan fingerprint density at radius 3 is 2.80 bits per heavy atom. The van der Waals surface area contributed by atoms with Crippen LogP contribution in [0.1, 0.15) is 38.9 Å². The van der Waals surface area contributed by atoms with E-state index in [2.05, 4.69) is 18.8 Å². The van der Waals surface area contributed by atoms with Crippen molar-refractivity contribution < 1.29 is 4.79 Å². The maximum atomic E-state index is 11.4. The molecule has 3 nitrogen and oxygen atoms in total. The number of nitrogens with zero attached hydrogens (tertiary/aromatic N) is 2. The minimum atomic E-state index is 0.374. The van der Waals surface area contributed by atoms with Crippen molar-refractivity contribution in [3.8, 4) is 0 Å². The molecule has 0 spiro atoms. The molecule has 0 atom stereocenters. The van der Waals surface area contributed by atoms with E-state index in [0.717, 1.165) is 18.7 Å². The molecule has 0 radical (unpaired) electrons. The number of hydrogen-bond donors (Lipinski definition) is 0. The third-order valence-corrected chi connectivity index (χ3v) is 2.41. The maximum absolute atomic E-state index is 11.4. The van der Waals surface area contributed by atoms with Gasteiger partial charge in [0.05, 0.1) is 0 Å². The molecule has 1 heterocycles. The lowest BCUT2D eigenvalue weighted by atomic mass is 10.0. The molecule has 0 N–H and O–H groups in total. The minimum absolute atomic E-state index is 0.374. The molecule has 0 aliphatic carbocycles. The smallest absolute Gasteiger partial charge is 0.133 e. The van der Waals surface area contributed by atoms with Gasteiger partial charge in [-0.2, -0.15) is 0 Å². The van der Waals surface area contributed by atoms with Gasteiger partial charge in [-0.05, 0) is 12.3 Å². The van der Waals surface area contributed by atoms with Crippen LogP contribution in [0.5, 0.6) is 0 Å². The van der Waals surface area contributed by atoms with Gasteiger partial charge in [0, 0.05) is 38.7 Å². The first-order chi connectivity index (χ1) is 7.09. The Bertz CT molecular complexity index is 315. The van der Waals surface area contributed by atoms with E-state index in [1.54, 1.807) is 6.20 Å². The molecule has 3 heteroatoms. The molecule has 84 valence electrons. The normalized spacial score (nSPS) is 10.9. The van der Waals surface area contributed by atoms with Gasteiger partial charge in [-0.3, -0.25) is 4.79 Å². The van der Waals surface area contributed by atoms with Crippen LogP contribution >= 0.6 is 0 Å². The Kier molecular flexibility index (Phi) is 4.53. The average molecular weight is 208 g/mol. The predicted molar refractivity (Wildman–Crippen MR) is 60.6 cm³/mol. The highest BCUT2D eigenvalue weighted by Crippen LogP contribution is 2.07. The fourth-order valence-electron chi connectivity index (χ4n) is 1.64. The van der Waals surface area contributed by atoms with Gasteiger partial charge in [-0.25, -0.2) is 4.98 Å². The van der Waals surface area contributed by atoms with Crippen LogP contribution in [0.2, 0.25) is 0 Å². The fourth-order valence-corrected chi connectivity index (χ4v) is 1.64. The number of carbonyl (C=O) groups is 1. The van der Waals surface area contributed by atoms with Crippen LogP contribution in [0.4, 0.5) is 0 Å². The molecule has 0 saturated carbocycles. The lowest BCUT2D eigenvalue weighted by molar-refractivity contribution is -0.119. The first-order valence-corrected chi connectivity index (χ1v) is 5.57. The molecule has 0 aromatic carbocycles. The van der Waals surface area contributed by atoms with Gasteiger partial charge >= 0.3 is 0 Å². The van der Waals surface area contributed by atoms with Crippen molar-refractivity contribution >= 4 is 5.78 Å². The maximum Gasteiger partial charge on any atom is 0.133 e. The SMILES string of the molecule is CC(C)CC(=O)CCCc1nccn1C. The summed E-state index contributed by atoms with van der Waals surface area (Å²) in [6.45, 7) is 4.16. The molecule has 0 amide bonds. The zero-order valence-electron chi connectivity index (χ0n) is 9.86. The Labute approximate surface area is 91.5 Å². The summed E-state index contributed by atoms with van der Waals surface area (Å²) in [5, 5.41) is 0. The van der Waals surface area contributed by atoms with E-state index in [9.17, 15) is 4.79 Å². The van der Waals surface area contributed by atoms with Crippen LogP contribution in [-0.2, 0) is 18.3 Å².